The Morgan fingerprint density at radius 1 is 1.38 bits per heavy atom. The van der Waals surface area contributed by atoms with E-state index in [1.54, 1.807) is 6.92 Å². The van der Waals surface area contributed by atoms with E-state index < -0.39 is 14.3 Å². The third-order valence-electron chi connectivity index (χ3n) is 2.06. The molecule has 0 aromatic heterocycles. The average molecular weight is 247 g/mol. The molecule has 0 N–H and O–H groups in total. The first-order valence-corrected chi connectivity index (χ1v) is 7.32. The molecule has 0 aliphatic carbocycles. The maximum atomic E-state index is 10.9. The Morgan fingerprint density at radius 3 is 2.23 bits per heavy atom. The molecule has 5 heteroatoms. The van der Waals surface area contributed by atoms with Crippen LogP contribution in [0, 0.1) is 5.92 Å². The third kappa shape index (κ3) is 5.76. The van der Waals surface area contributed by atoms with Crippen LogP contribution >= 0.6 is 22.3 Å². The first-order chi connectivity index (χ1) is 5.91. The summed E-state index contributed by atoms with van der Waals surface area (Å²) >= 11 is 5.70. The first-order valence-electron chi connectivity index (χ1n) is 4.41. The van der Waals surface area contributed by atoms with Gasteiger partial charge in [-0.3, -0.25) is 0 Å². The molecular weight excluding hydrogens is 231 g/mol. The van der Waals surface area contributed by atoms with Gasteiger partial charge in [0.15, 0.2) is 0 Å². The number of halogens is 2. The SMILES string of the molecule is CCCC(CCl)CC(C)S(=O)(=O)Cl. The maximum absolute atomic E-state index is 10.9. The third-order valence-corrected chi connectivity index (χ3v) is 4.56. The fraction of sp³-hybridized carbons (Fsp3) is 1.00. The van der Waals surface area contributed by atoms with Crippen molar-refractivity contribution in [1.29, 1.82) is 0 Å². The van der Waals surface area contributed by atoms with Gasteiger partial charge in [0, 0.05) is 16.6 Å². The summed E-state index contributed by atoms with van der Waals surface area (Å²) in [5.74, 6) is 0.764. The summed E-state index contributed by atoms with van der Waals surface area (Å²) < 4.78 is 21.8. The lowest BCUT2D eigenvalue weighted by Crippen LogP contribution is -2.17. The van der Waals surface area contributed by atoms with Crippen LogP contribution in [0.2, 0.25) is 0 Å². The quantitative estimate of drug-likeness (QED) is 0.534. The highest BCUT2D eigenvalue weighted by Gasteiger charge is 2.21. The molecule has 0 aliphatic rings. The highest BCUT2D eigenvalue weighted by atomic mass is 35.7. The zero-order chi connectivity index (χ0) is 10.5. The van der Waals surface area contributed by atoms with Crippen molar-refractivity contribution < 1.29 is 8.42 Å². The molecule has 0 bridgehead atoms. The average Bonchev–Trinajstić information content (AvgIpc) is 2.01. The Hall–Kier alpha value is 0.530. The monoisotopic (exact) mass is 246 g/mol. The van der Waals surface area contributed by atoms with E-state index in [4.69, 9.17) is 22.3 Å². The van der Waals surface area contributed by atoms with Crippen LogP contribution in [0.5, 0.6) is 0 Å². The molecule has 13 heavy (non-hydrogen) atoms. The molecule has 0 fully saturated rings. The van der Waals surface area contributed by atoms with Gasteiger partial charge >= 0.3 is 0 Å². The lowest BCUT2D eigenvalue weighted by molar-refractivity contribution is 0.479. The van der Waals surface area contributed by atoms with Gasteiger partial charge in [-0.15, -0.1) is 11.6 Å². The van der Waals surface area contributed by atoms with Crippen LogP contribution in [0.1, 0.15) is 33.1 Å². The van der Waals surface area contributed by atoms with Gasteiger partial charge in [-0.25, -0.2) is 8.42 Å². The molecular formula is C8H16Cl2O2S. The summed E-state index contributed by atoms with van der Waals surface area (Å²) in [6.45, 7) is 3.68. The Labute approximate surface area is 90.0 Å². The van der Waals surface area contributed by atoms with Crippen molar-refractivity contribution in [3.05, 3.63) is 0 Å². The van der Waals surface area contributed by atoms with Crippen molar-refractivity contribution in [2.45, 2.75) is 38.4 Å². The van der Waals surface area contributed by atoms with Crippen molar-refractivity contribution in [3.63, 3.8) is 0 Å². The van der Waals surface area contributed by atoms with Crippen molar-refractivity contribution >= 4 is 31.3 Å². The molecule has 0 aromatic rings. The van der Waals surface area contributed by atoms with Gasteiger partial charge < -0.3 is 0 Å². The molecule has 0 heterocycles. The standard InChI is InChI=1S/C8H16Cl2O2S/c1-3-4-8(6-9)5-7(2)13(10,11)12/h7-8H,3-6H2,1-2H3. The van der Waals surface area contributed by atoms with Gasteiger partial charge in [0.1, 0.15) is 0 Å². The number of alkyl halides is 1. The molecule has 0 rings (SSSR count). The summed E-state index contributed by atoms with van der Waals surface area (Å²) in [5, 5.41) is -0.496. The fourth-order valence-corrected chi connectivity index (χ4v) is 2.25. The van der Waals surface area contributed by atoms with Gasteiger partial charge in [0.25, 0.3) is 0 Å². The van der Waals surface area contributed by atoms with E-state index in [-0.39, 0.29) is 5.92 Å². The first kappa shape index (κ1) is 13.5. The van der Waals surface area contributed by atoms with Crippen molar-refractivity contribution in [3.8, 4) is 0 Å². The lowest BCUT2D eigenvalue weighted by Gasteiger charge is -2.15. The van der Waals surface area contributed by atoms with Crippen LogP contribution in [0.4, 0.5) is 0 Å². The van der Waals surface area contributed by atoms with E-state index in [2.05, 4.69) is 6.92 Å². The Bertz CT molecular complexity index is 226. The minimum Gasteiger partial charge on any atom is -0.212 e. The number of hydrogen-bond donors (Lipinski definition) is 0. The Kier molecular flexibility index (Phi) is 6.34. The van der Waals surface area contributed by atoms with Crippen LogP contribution in [-0.4, -0.2) is 19.5 Å². The van der Waals surface area contributed by atoms with Crippen molar-refractivity contribution in [2.75, 3.05) is 5.88 Å². The Morgan fingerprint density at radius 2 is 1.92 bits per heavy atom. The van der Waals surface area contributed by atoms with E-state index in [9.17, 15) is 8.42 Å². The molecule has 0 saturated carbocycles. The van der Waals surface area contributed by atoms with E-state index >= 15 is 0 Å². The van der Waals surface area contributed by atoms with E-state index in [0.717, 1.165) is 12.8 Å². The van der Waals surface area contributed by atoms with Gasteiger partial charge in [-0.1, -0.05) is 13.3 Å². The van der Waals surface area contributed by atoms with Gasteiger partial charge in [0.05, 0.1) is 5.25 Å². The molecule has 0 spiro atoms. The summed E-state index contributed by atoms with van der Waals surface area (Å²) in [6.07, 6.45) is 2.54. The zero-order valence-corrected chi connectivity index (χ0v) is 10.3. The zero-order valence-electron chi connectivity index (χ0n) is 7.96. The molecule has 0 radical (unpaired) electrons. The highest BCUT2D eigenvalue weighted by Crippen LogP contribution is 2.21. The molecule has 80 valence electrons. The second-order valence-electron chi connectivity index (χ2n) is 3.33. The minimum atomic E-state index is -3.41. The molecule has 2 nitrogen and oxygen atoms in total. The van der Waals surface area contributed by atoms with Crippen LogP contribution < -0.4 is 0 Å². The molecule has 0 aliphatic heterocycles. The second-order valence-corrected chi connectivity index (χ2v) is 6.69. The van der Waals surface area contributed by atoms with Gasteiger partial charge in [-0.2, -0.15) is 0 Å². The van der Waals surface area contributed by atoms with Crippen molar-refractivity contribution in [2.24, 2.45) is 5.92 Å². The van der Waals surface area contributed by atoms with Crippen LogP contribution in [0.15, 0.2) is 0 Å². The normalized spacial score (nSPS) is 16.9. The molecule has 0 saturated heterocycles. The Balaban J connectivity index is 4.09. The van der Waals surface area contributed by atoms with Crippen LogP contribution in [0.3, 0.4) is 0 Å². The topological polar surface area (TPSA) is 34.1 Å². The van der Waals surface area contributed by atoms with E-state index in [0.29, 0.717) is 12.3 Å². The molecule has 0 aromatic carbocycles. The molecule has 2 atom stereocenters. The summed E-state index contributed by atoms with van der Waals surface area (Å²) in [6, 6.07) is 0. The minimum absolute atomic E-state index is 0.259. The predicted octanol–water partition coefficient (Wildman–Crippen LogP) is 2.99. The van der Waals surface area contributed by atoms with Gasteiger partial charge in [0.2, 0.25) is 9.05 Å². The van der Waals surface area contributed by atoms with Crippen LogP contribution in [0.25, 0.3) is 0 Å². The van der Waals surface area contributed by atoms with E-state index in [1.165, 1.54) is 0 Å². The maximum Gasteiger partial charge on any atom is 0.235 e. The fourth-order valence-electron chi connectivity index (χ4n) is 1.25. The molecule has 2 unspecified atom stereocenters. The van der Waals surface area contributed by atoms with Gasteiger partial charge in [-0.05, 0) is 25.7 Å². The smallest absolute Gasteiger partial charge is 0.212 e. The highest BCUT2D eigenvalue weighted by molar-refractivity contribution is 8.14. The second kappa shape index (κ2) is 6.10. The van der Waals surface area contributed by atoms with Crippen molar-refractivity contribution in [1.82, 2.24) is 0 Å². The summed E-state index contributed by atoms with van der Waals surface area (Å²) in [7, 11) is 1.80. The van der Waals surface area contributed by atoms with Crippen LogP contribution in [-0.2, 0) is 9.05 Å². The summed E-state index contributed by atoms with van der Waals surface area (Å²) in [4.78, 5) is 0. The summed E-state index contributed by atoms with van der Waals surface area (Å²) in [5.41, 5.74) is 0. The lowest BCUT2D eigenvalue weighted by atomic mass is 10.0. The largest absolute Gasteiger partial charge is 0.235 e. The predicted molar refractivity (Wildman–Crippen MR) is 58.0 cm³/mol. The van der Waals surface area contributed by atoms with E-state index in [1.807, 2.05) is 0 Å². The molecule has 0 amide bonds. The number of rotatable bonds is 6. The number of hydrogen-bond acceptors (Lipinski definition) is 2.